The van der Waals surface area contributed by atoms with Gasteiger partial charge in [0.2, 0.25) is 11.8 Å². The molecule has 0 spiro atoms. The number of ether oxygens (including phenoxy) is 1. The minimum absolute atomic E-state index is 0.213. The lowest BCUT2D eigenvalue weighted by Crippen LogP contribution is -2.45. The molecule has 1 aromatic rings. The summed E-state index contributed by atoms with van der Waals surface area (Å²) < 4.78 is 5.29. The van der Waals surface area contributed by atoms with Crippen molar-refractivity contribution in [2.45, 2.75) is 12.8 Å². The summed E-state index contributed by atoms with van der Waals surface area (Å²) in [6.07, 6.45) is 1.11. The molecule has 25 heavy (non-hydrogen) atoms. The van der Waals surface area contributed by atoms with Gasteiger partial charge in [-0.05, 0) is 31.0 Å². The van der Waals surface area contributed by atoms with Crippen LogP contribution in [-0.2, 0) is 14.3 Å². The van der Waals surface area contributed by atoms with Gasteiger partial charge in [0.1, 0.15) is 5.41 Å². The Kier molecular flexibility index (Phi) is 5.31. The standard InChI is InChI=1S/C18H22N4O3/c19-13-14-2-1-3-15(12-14)21-17(24)18(4-5-18)16(23)20-6-7-22-8-10-25-11-9-22/h1-3,12H,4-11H2,(H,20,23)(H,21,24). The number of rotatable bonds is 6. The Morgan fingerprint density at radius 3 is 2.68 bits per heavy atom. The van der Waals surface area contributed by atoms with Crippen LogP contribution in [0.1, 0.15) is 18.4 Å². The summed E-state index contributed by atoms with van der Waals surface area (Å²) in [6.45, 7) is 4.48. The van der Waals surface area contributed by atoms with Crippen LogP contribution in [0.5, 0.6) is 0 Å². The van der Waals surface area contributed by atoms with Gasteiger partial charge in [-0.15, -0.1) is 0 Å². The van der Waals surface area contributed by atoms with Crippen molar-refractivity contribution in [3.8, 4) is 6.07 Å². The fourth-order valence-corrected chi connectivity index (χ4v) is 2.92. The molecular weight excluding hydrogens is 320 g/mol. The molecule has 7 nitrogen and oxygen atoms in total. The van der Waals surface area contributed by atoms with Gasteiger partial charge in [-0.2, -0.15) is 5.26 Å². The van der Waals surface area contributed by atoms with E-state index < -0.39 is 5.41 Å². The molecule has 2 fully saturated rings. The average Bonchev–Trinajstić information content (AvgIpc) is 3.45. The monoisotopic (exact) mass is 342 g/mol. The summed E-state index contributed by atoms with van der Waals surface area (Å²) in [5.74, 6) is -0.513. The number of amides is 2. The maximum absolute atomic E-state index is 12.5. The molecule has 2 N–H and O–H groups in total. The summed E-state index contributed by atoms with van der Waals surface area (Å²) in [7, 11) is 0. The van der Waals surface area contributed by atoms with E-state index in [0.29, 0.717) is 30.6 Å². The van der Waals surface area contributed by atoms with E-state index in [1.165, 1.54) is 0 Å². The van der Waals surface area contributed by atoms with Crippen LogP contribution in [0.25, 0.3) is 0 Å². The molecule has 0 radical (unpaired) electrons. The molecule has 3 rings (SSSR count). The van der Waals surface area contributed by atoms with Gasteiger partial charge in [0, 0.05) is 31.9 Å². The molecule has 1 aliphatic carbocycles. The number of nitrogens with zero attached hydrogens (tertiary/aromatic N) is 2. The first kappa shape index (κ1) is 17.4. The summed E-state index contributed by atoms with van der Waals surface area (Å²) in [4.78, 5) is 27.2. The van der Waals surface area contributed by atoms with Gasteiger partial charge in [0.15, 0.2) is 0 Å². The lowest BCUT2D eigenvalue weighted by molar-refractivity contribution is -0.134. The van der Waals surface area contributed by atoms with E-state index in [2.05, 4.69) is 15.5 Å². The van der Waals surface area contributed by atoms with Gasteiger partial charge in [-0.3, -0.25) is 14.5 Å². The molecule has 1 heterocycles. The molecule has 2 amide bonds. The second-order valence-corrected chi connectivity index (χ2v) is 6.44. The summed E-state index contributed by atoms with van der Waals surface area (Å²) in [6, 6.07) is 8.72. The zero-order valence-corrected chi connectivity index (χ0v) is 14.1. The van der Waals surface area contributed by atoms with Crippen molar-refractivity contribution < 1.29 is 14.3 Å². The Morgan fingerprint density at radius 1 is 1.24 bits per heavy atom. The van der Waals surface area contributed by atoms with Gasteiger partial charge in [0.25, 0.3) is 0 Å². The van der Waals surface area contributed by atoms with Crippen LogP contribution in [0.2, 0.25) is 0 Å². The van der Waals surface area contributed by atoms with E-state index in [0.717, 1.165) is 32.8 Å². The highest BCUT2D eigenvalue weighted by molar-refractivity contribution is 6.13. The molecule has 0 bridgehead atoms. The molecule has 1 aromatic carbocycles. The highest BCUT2D eigenvalue weighted by atomic mass is 16.5. The first-order chi connectivity index (χ1) is 12.1. The van der Waals surface area contributed by atoms with E-state index in [-0.39, 0.29) is 11.8 Å². The van der Waals surface area contributed by atoms with Crippen LogP contribution < -0.4 is 10.6 Å². The van der Waals surface area contributed by atoms with Crippen LogP contribution >= 0.6 is 0 Å². The number of hydrogen-bond acceptors (Lipinski definition) is 5. The second-order valence-electron chi connectivity index (χ2n) is 6.44. The predicted octanol–water partition coefficient (Wildman–Crippen LogP) is 0.725. The van der Waals surface area contributed by atoms with Gasteiger partial charge in [0.05, 0.1) is 24.8 Å². The van der Waals surface area contributed by atoms with E-state index in [4.69, 9.17) is 10.00 Å². The molecule has 0 aromatic heterocycles. The van der Waals surface area contributed by atoms with Crippen LogP contribution in [0.15, 0.2) is 24.3 Å². The molecular formula is C18H22N4O3. The molecule has 2 aliphatic rings. The smallest absolute Gasteiger partial charge is 0.240 e. The van der Waals surface area contributed by atoms with Gasteiger partial charge in [-0.25, -0.2) is 0 Å². The highest BCUT2D eigenvalue weighted by Gasteiger charge is 2.56. The first-order valence-corrected chi connectivity index (χ1v) is 8.54. The van der Waals surface area contributed by atoms with Crippen molar-refractivity contribution in [2.24, 2.45) is 5.41 Å². The van der Waals surface area contributed by atoms with Gasteiger partial charge < -0.3 is 15.4 Å². The van der Waals surface area contributed by atoms with Crippen molar-refractivity contribution >= 4 is 17.5 Å². The molecule has 0 unspecified atom stereocenters. The zero-order chi connectivity index (χ0) is 17.7. The third-order valence-electron chi connectivity index (χ3n) is 4.69. The Balaban J connectivity index is 1.51. The number of carbonyl (C=O) groups excluding carboxylic acids is 2. The fourth-order valence-electron chi connectivity index (χ4n) is 2.92. The quantitative estimate of drug-likeness (QED) is 0.743. The fraction of sp³-hybridized carbons (Fsp3) is 0.500. The Bertz CT molecular complexity index is 688. The topological polar surface area (TPSA) is 94.5 Å². The molecule has 1 saturated heterocycles. The van der Waals surface area contributed by atoms with E-state index >= 15 is 0 Å². The van der Waals surface area contributed by atoms with E-state index in [1.807, 2.05) is 6.07 Å². The summed E-state index contributed by atoms with van der Waals surface area (Å²) in [5, 5.41) is 14.6. The number of anilines is 1. The number of hydrogen-bond donors (Lipinski definition) is 2. The van der Waals surface area contributed by atoms with Gasteiger partial charge >= 0.3 is 0 Å². The minimum atomic E-state index is -0.965. The predicted molar refractivity (Wildman–Crippen MR) is 91.7 cm³/mol. The van der Waals surface area contributed by atoms with Crippen molar-refractivity contribution in [2.75, 3.05) is 44.7 Å². The van der Waals surface area contributed by atoms with Crippen molar-refractivity contribution in [1.82, 2.24) is 10.2 Å². The molecule has 7 heteroatoms. The van der Waals surface area contributed by atoms with Crippen LogP contribution in [0.3, 0.4) is 0 Å². The molecule has 1 aliphatic heterocycles. The number of nitriles is 1. The Labute approximate surface area is 146 Å². The number of nitrogens with one attached hydrogen (secondary N) is 2. The largest absolute Gasteiger partial charge is 0.379 e. The molecule has 1 saturated carbocycles. The molecule has 0 atom stereocenters. The maximum atomic E-state index is 12.5. The van der Waals surface area contributed by atoms with Crippen molar-refractivity contribution in [1.29, 1.82) is 5.26 Å². The van der Waals surface area contributed by atoms with E-state index in [1.54, 1.807) is 24.3 Å². The zero-order valence-electron chi connectivity index (χ0n) is 14.1. The lowest BCUT2D eigenvalue weighted by atomic mass is 10.0. The lowest BCUT2D eigenvalue weighted by Gasteiger charge is -2.26. The summed E-state index contributed by atoms with van der Waals surface area (Å²) >= 11 is 0. The first-order valence-electron chi connectivity index (χ1n) is 8.54. The Hall–Kier alpha value is -2.43. The average molecular weight is 342 g/mol. The van der Waals surface area contributed by atoms with E-state index in [9.17, 15) is 9.59 Å². The third kappa shape index (κ3) is 4.16. The second kappa shape index (κ2) is 7.64. The van der Waals surface area contributed by atoms with Crippen LogP contribution in [-0.4, -0.2) is 56.1 Å². The van der Waals surface area contributed by atoms with Crippen molar-refractivity contribution in [3.63, 3.8) is 0 Å². The maximum Gasteiger partial charge on any atom is 0.240 e. The SMILES string of the molecule is N#Cc1cccc(NC(=O)C2(C(=O)NCCN3CCOCC3)CC2)c1. The van der Waals surface area contributed by atoms with Crippen LogP contribution in [0, 0.1) is 16.7 Å². The molecule has 132 valence electrons. The third-order valence-corrected chi connectivity index (χ3v) is 4.69. The summed E-state index contributed by atoms with van der Waals surface area (Å²) in [5.41, 5.74) is 0.0438. The number of carbonyl (C=O) groups is 2. The normalized spacial score (nSPS) is 18.8. The number of benzene rings is 1. The minimum Gasteiger partial charge on any atom is -0.379 e. The Morgan fingerprint density at radius 2 is 2.00 bits per heavy atom. The van der Waals surface area contributed by atoms with Gasteiger partial charge in [-0.1, -0.05) is 6.07 Å². The van der Waals surface area contributed by atoms with Crippen molar-refractivity contribution in [3.05, 3.63) is 29.8 Å². The number of morpholine rings is 1. The highest BCUT2D eigenvalue weighted by Crippen LogP contribution is 2.46. The van der Waals surface area contributed by atoms with Crippen LogP contribution in [0.4, 0.5) is 5.69 Å².